The van der Waals surface area contributed by atoms with Gasteiger partial charge < -0.3 is 15.3 Å². The molecule has 17 heavy (non-hydrogen) atoms. The summed E-state index contributed by atoms with van der Waals surface area (Å²) >= 11 is 0. The first-order valence-electron chi connectivity index (χ1n) is 5.57. The molecule has 6 nitrogen and oxygen atoms in total. The van der Waals surface area contributed by atoms with Gasteiger partial charge >= 0.3 is 11.9 Å². The number of rotatable bonds is 10. The van der Waals surface area contributed by atoms with E-state index >= 15 is 0 Å². The second-order valence-electron chi connectivity index (χ2n) is 3.88. The molecule has 0 atom stereocenters. The van der Waals surface area contributed by atoms with Crippen LogP contribution in [0.4, 0.5) is 0 Å². The number of hydrogen-bond donors (Lipinski definition) is 3. The Morgan fingerprint density at radius 3 is 1.88 bits per heavy atom. The highest BCUT2D eigenvalue weighted by Gasteiger charge is 2.24. The van der Waals surface area contributed by atoms with E-state index in [9.17, 15) is 14.4 Å². The lowest BCUT2D eigenvalue weighted by atomic mass is 10.0. The number of hydrogen-bond acceptors (Lipinski definition) is 4. The molecule has 0 bridgehead atoms. The second kappa shape index (κ2) is 8.69. The second-order valence-corrected chi connectivity index (χ2v) is 3.88. The van der Waals surface area contributed by atoms with E-state index in [0.29, 0.717) is 25.7 Å². The Hall–Kier alpha value is -1.43. The zero-order valence-corrected chi connectivity index (χ0v) is 9.59. The number of carbonyl (C=O) groups excluding carboxylic acids is 1. The maximum atomic E-state index is 10.7. The predicted molar refractivity (Wildman–Crippen MR) is 58.6 cm³/mol. The first-order chi connectivity index (χ1) is 7.99. The molecule has 0 rings (SSSR count). The highest BCUT2D eigenvalue weighted by molar-refractivity contribution is 5.92. The lowest BCUT2D eigenvalue weighted by molar-refractivity contribution is -0.154. The fourth-order valence-electron chi connectivity index (χ4n) is 1.46. The summed E-state index contributed by atoms with van der Waals surface area (Å²) < 4.78 is 0. The molecule has 0 fully saturated rings. The topological polar surface area (TPSA) is 112 Å². The van der Waals surface area contributed by atoms with E-state index in [2.05, 4.69) is 0 Å². The molecule has 0 aliphatic carbocycles. The van der Waals surface area contributed by atoms with Crippen LogP contribution >= 0.6 is 0 Å². The number of carbonyl (C=O) groups is 3. The summed E-state index contributed by atoms with van der Waals surface area (Å²) in [5.41, 5.74) is 0. The highest BCUT2D eigenvalue weighted by Crippen LogP contribution is 2.12. The highest BCUT2D eigenvalue weighted by atomic mass is 16.4. The van der Waals surface area contributed by atoms with E-state index in [4.69, 9.17) is 15.3 Å². The quantitative estimate of drug-likeness (QED) is 0.386. The molecule has 0 amide bonds. The summed E-state index contributed by atoms with van der Waals surface area (Å²) in [5, 5.41) is 25.6. The van der Waals surface area contributed by atoms with Gasteiger partial charge in [-0.1, -0.05) is 19.3 Å². The fourth-order valence-corrected chi connectivity index (χ4v) is 1.46. The molecule has 3 N–H and O–H groups in total. The molecule has 0 radical (unpaired) electrons. The van der Waals surface area contributed by atoms with Crippen molar-refractivity contribution in [1.29, 1.82) is 0 Å². The van der Waals surface area contributed by atoms with Crippen molar-refractivity contribution in [3.05, 3.63) is 0 Å². The van der Waals surface area contributed by atoms with Crippen molar-refractivity contribution < 1.29 is 29.7 Å². The van der Waals surface area contributed by atoms with Crippen molar-refractivity contribution in [3.8, 4) is 0 Å². The van der Waals surface area contributed by atoms with Gasteiger partial charge in [-0.2, -0.15) is 0 Å². The molecular weight excluding hydrogens is 228 g/mol. The summed E-state index contributed by atoms with van der Waals surface area (Å²) in [4.78, 5) is 31.8. The van der Waals surface area contributed by atoms with Crippen molar-refractivity contribution in [2.24, 2.45) is 5.92 Å². The Bertz CT molecular complexity index is 259. The summed E-state index contributed by atoms with van der Waals surface area (Å²) in [6.45, 7) is -0.444. The zero-order valence-electron chi connectivity index (χ0n) is 9.59. The minimum Gasteiger partial charge on any atom is -0.481 e. The molecule has 0 saturated heterocycles. The van der Waals surface area contributed by atoms with Crippen molar-refractivity contribution in [1.82, 2.24) is 0 Å². The van der Waals surface area contributed by atoms with Gasteiger partial charge in [0.15, 0.2) is 11.7 Å². The average Bonchev–Trinajstić information content (AvgIpc) is 2.26. The number of ketones is 1. The largest absolute Gasteiger partial charge is 0.481 e. The minimum atomic E-state index is -1.34. The van der Waals surface area contributed by atoms with Crippen molar-refractivity contribution in [2.45, 2.75) is 38.5 Å². The van der Waals surface area contributed by atoms with E-state index in [1.54, 1.807) is 0 Å². The smallest absolute Gasteiger partial charge is 0.317 e. The maximum Gasteiger partial charge on any atom is 0.317 e. The van der Waals surface area contributed by atoms with Crippen LogP contribution in [0.5, 0.6) is 0 Å². The van der Waals surface area contributed by atoms with Crippen LogP contribution in [0.3, 0.4) is 0 Å². The summed E-state index contributed by atoms with van der Waals surface area (Å²) in [6.07, 6.45) is 3.00. The van der Waals surface area contributed by atoms with Crippen LogP contribution in [0.2, 0.25) is 0 Å². The number of aliphatic hydroxyl groups excluding tert-OH is 1. The molecule has 0 aromatic heterocycles. The van der Waals surface area contributed by atoms with E-state index < -0.39 is 24.5 Å². The third-order valence-electron chi connectivity index (χ3n) is 2.47. The van der Waals surface area contributed by atoms with Crippen LogP contribution in [-0.4, -0.2) is 39.6 Å². The normalized spacial score (nSPS) is 10.5. The van der Waals surface area contributed by atoms with Crippen molar-refractivity contribution in [2.75, 3.05) is 6.61 Å². The van der Waals surface area contributed by atoms with Gasteiger partial charge in [-0.25, -0.2) is 0 Å². The van der Waals surface area contributed by atoms with Crippen LogP contribution in [0, 0.1) is 5.92 Å². The molecule has 98 valence electrons. The van der Waals surface area contributed by atoms with Gasteiger partial charge in [-0.15, -0.1) is 0 Å². The molecule has 0 aliphatic heterocycles. The minimum absolute atomic E-state index is 0.110. The van der Waals surface area contributed by atoms with Crippen LogP contribution < -0.4 is 0 Å². The van der Waals surface area contributed by atoms with Crippen LogP contribution in [0.15, 0.2) is 0 Å². The first kappa shape index (κ1) is 15.6. The standard InChI is InChI=1S/C11H18O6/c12-7-8(13)5-3-1-2-4-6-9(10(14)15)11(16)17/h9,12H,1-7H2,(H,14,15)(H,16,17). The van der Waals surface area contributed by atoms with Crippen LogP contribution in [0.1, 0.15) is 38.5 Å². The third-order valence-corrected chi connectivity index (χ3v) is 2.47. The molecule has 0 saturated carbocycles. The summed E-state index contributed by atoms with van der Waals surface area (Å²) in [5.74, 6) is -4.17. The molecule has 0 aliphatic rings. The van der Waals surface area contributed by atoms with Gasteiger partial charge in [-0.3, -0.25) is 14.4 Å². The summed E-state index contributed by atoms with van der Waals surface area (Å²) in [7, 11) is 0. The average molecular weight is 246 g/mol. The number of aliphatic hydroxyl groups is 1. The van der Waals surface area contributed by atoms with Gasteiger partial charge in [0.05, 0.1) is 0 Å². The van der Waals surface area contributed by atoms with Crippen molar-refractivity contribution in [3.63, 3.8) is 0 Å². The van der Waals surface area contributed by atoms with Crippen LogP contribution in [-0.2, 0) is 14.4 Å². The van der Waals surface area contributed by atoms with Crippen molar-refractivity contribution >= 4 is 17.7 Å². The molecule has 0 aromatic carbocycles. The Morgan fingerprint density at radius 1 is 0.882 bits per heavy atom. The first-order valence-corrected chi connectivity index (χ1v) is 5.57. The number of Topliss-reactive ketones (excluding diaryl/α,β-unsaturated/α-hetero) is 1. The van der Waals surface area contributed by atoms with E-state index in [1.165, 1.54) is 0 Å². The SMILES string of the molecule is O=C(CO)CCCCCCC(C(=O)O)C(=O)O. The van der Waals surface area contributed by atoms with Crippen LogP contribution in [0.25, 0.3) is 0 Å². The van der Waals surface area contributed by atoms with Gasteiger partial charge in [0.25, 0.3) is 0 Å². The van der Waals surface area contributed by atoms with Gasteiger partial charge in [0.2, 0.25) is 0 Å². The van der Waals surface area contributed by atoms with Gasteiger partial charge in [0, 0.05) is 6.42 Å². The number of aliphatic carboxylic acids is 2. The number of carboxylic acids is 2. The monoisotopic (exact) mass is 246 g/mol. The number of unbranched alkanes of at least 4 members (excludes halogenated alkanes) is 3. The Labute approximate surface area is 99.3 Å². The van der Waals surface area contributed by atoms with E-state index in [0.717, 1.165) is 6.42 Å². The predicted octanol–water partition coefficient (Wildman–Crippen LogP) is 0.674. The molecule has 0 spiro atoms. The Morgan fingerprint density at radius 2 is 1.41 bits per heavy atom. The summed E-state index contributed by atoms with van der Waals surface area (Å²) in [6, 6.07) is 0. The molecule has 6 heteroatoms. The van der Waals surface area contributed by atoms with E-state index in [-0.39, 0.29) is 12.2 Å². The van der Waals surface area contributed by atoms with Gasteiger partial charge in [0.1, 0.15) is 6.61 Å². The Kier molecular flexibility index (Phi) is 7.96. The number of carboxylic acid groups (broad SMARTS) is 2. The molecule has 0 heterocycles. The molecule has 0 unspecified atom stereocenters. The van der Waals surface area contributed by atoms with E-state index in [1.807, 2.05) is 0 Å². The zero-order chi connectivity index (χ0) is 13.3. The molecular formula is C11H18O6. The lowest BCUT2D eigenvalue weighted by Crippen LogP contribution is -2.23. The third kappa shape index (κ3) is 7.46. The fraction of sp³-hybridized carbons (Fsp3) is 0.727. The molecule has 0 aromatic rings. The van der Waals surface area contributed by atoms with Gasteiger partial charge in [-0.05, 0) is 12.8 Å². The Balaban J connectivity index is 3.59. The maximum absolute atomic E-state index is 10.7. The lowest BCUT2D eigenvalue weighted by Gasteiger charge is -2.06.